The number of esters is 1. The molecule has 2 rings (SSSR count). The van der Waals surface area contributed by atoms with Crippen LogP contribution in [0.15, 0.2) is 46.4 Å². The summed E-state index contributed by atoms with van der Waals surface area (Å²) in [6.07, 6.45) is 13.8. The van der Waals surface area contributed by atoms with Crippen LogP contribution in [0, 0.1) is 5.41 Å². The Morgan fingerprint density at radius 1 is 1.31 bits per heavy atom. The molecule has 0 bridgehead atoms. The van der Waals surface area contributed by atoms with Crippen molar-refractivity contribution in [2.45, 2.75) is 53.9 Å². The molecule has 1 heterocycles. The van der Waals surface area contributed by atoms with Crippen LogP contribution < -0.4 is 0 Å². The smallest absolute Gasteiger partial charge is 0.330 e. The quantitative estimate of drug-likeness (QED) is 0.312. The molecular formula is C23H30O2S. The second-order valence-electron chi connectivity index (χ2n) is 7.48. The van der Waals surface area contributed by atoms with Gasteiger partial charge in [-0.25, -0.2) is 4.79 Å². The highest BCUT2D eigenvalue weighted by Gasteiger charge is 2.26. The first-order valence-electron chi connectivity index (χ1n) is 9.32. The van der Waals surface area contributed by atoms with Crippen LogP contribution in [0.1, 0.15) is 64.3 Å². The molecule has 0 spiro atoms. The molecule has 3 heteroatoms. The van der Waals surface area contributed by atoms with Gasteiger partial charge >= 0.3 is 5.97 Å². The van der Waals surface area contributed by atoms with Gasteiger partial charge in [-0.3, -0.25) is 0 Å². The van der Waals surface area contributed by atoms with Crippen LogP contribution in [-0.4, -0.2) is 12.6 Å². The molecule has 0 N–H and O–H groups in total. The Morgan fingerprint density at radius 3 is 2.77 bits per heavy atom. The van der Waals surface area contributed by atoms with Gasteiger partial charge in [-0.15, -0.1) is 11.3 Å². The number of hydrogen-bond acceptors (Lipinski definition) is 3. The molecule has 0 amide bonds. The molecule has 26 heavy (non-hydrogen) atoms. The fourth-order valence-corrected chi connectivity index (χ4v) is 4.19. The molecule has 1 aromatic heterocycles. The summed E-state index contributed by atoms with van der Waals surface area (Å²) in [5.41, 5.74) is 5.35. The monoisotopic (exact) mass is 370 g/mol. The Bertz CT molecular complexity index is 757. The van der Waals surface area contributed by atoms with E-state index in [0.29, 0.717) is 6.61 Å². The topological polar surface area (TPSA) is 26.3 Å². The van der Waals surface area contributed by atoms with Crippen molar-refractivity contribution in [1.29, 1.82) is 0 Å². The van der Waals surface area contributed by atoms with E-state index >= 15 is 0 Å². The lowest BCUT2D eigenvalue weighted by atomic mass is 9.72. The number of carbonyl (C=O) groups is 1. The van der Waals surface area contributed by atoms with E-state index in [1.165, 1.54) is 46.9 Å². The molecule has 1 aliphatic carbocycles. The van der Waals surface area contributed by atoms with Gasteiger partial charge in [-0.2, -0.15) is 0 Å². The molecule has 0 aromatic carbocycles. The third-order valence-electron chi connectivity index (χ3n) is 4.83. The minimum Gasteiger partial charge on any atom is -0.463 e. The number of rotatable bonds is 6. The van der Waals surface area contributed by atoms with Crippen molar-refractivity contribution in [3.05, 3.63) is 56.8 Å². The highest BCUT2D eigenvalue weighted by Crippen LogP contribution is 2.41. The van der Waals surface area contributed by atoms with E-state index in [1.54, 1.807) is 11.3 Å². The van der Waals surface area contributed by atoms with Crippen molar-refractivity contribution < 1.29 is 9.53 Å². The van der Waals surface area contributed by atoms with Gasteiger partial charge in [0.1, 0.15) is 0 Å². The number of allylic oxidation sites excluding steroid dienone is 5. The van der Waals surface area contributed by atoms with Crippen LogP contribution in [0.4, 0.5) is 0 Å². The van der Waals surface area contributed by atoms with Crippen molar-refractivity contribution in [2.24, 2.45) is 5.41 Å². The van der Waals surface area contributed by atoms with E-state index in [2.05, 4.69) is 50.4 Å². The predicted molar refractivity (Wildman–Crippen MR) is 113 cm³/mol. The maximum atomic E-state index is 11.5. The standard InChI is InChI=1S/C23H30O2S/c1-6-25-22(24)16-17(2)9-12-21-19(13-15-26-21)10-11-20-18(3)8-7-14-23(20,4)5/h9-13,15-16H,6-8,14H2,1-5H3. The third kappa shape index (κ3) is 5.57. The van der Waals surface area contributed by atoms with Crippen LogP contribution in [0.2, 0.25) is 0 Å². The summed E-state index contributed by atoms with van der Waals surface area (Å²) >= 11 is 1.71. The Balaban J connectivity index is 2.16. The lowest BCUT2D eigenvalue weighted by Crippen LogP contribution is -2.18. The Morgan fingerprint density at radius 2 is 2.08 bits per heavy atom. The van der Waals surface area contributed by atoms with Crippen molar-refractivity contribution in [3.63, 3.8) is 0 Å². The third-order valence-corrected chi connectivity index (χ3v) is 5.73. The number of thiophene rings is 1. The Hall–Kier alpha value is -1.87. The summed E-state index contributed by atoms with van der Waals surface area (Å²) < 4.78 is 4.95. The summed E-state index contributed by atoms with van der Waals surface area (Å²) in [4.78, 5) is 12.7. The zero-order chi connectivity index (χ0) is 19.2. The van der Waals surface area contributed by atoms with Gasteiger partial charge in [0.15, 0.2) is 0 Å². The average Bonchev–Trinajstić information content (AvgIpc) is 2.99. The highest BCUT2D eigenvalue weighted by atomic mass is 32.1. The van der Waals surface area contributed by atoms with Crippen LogP contribution in [0.25, 0.3) is 12.2 Å². The van der Waals surface area contributed by atoms with E-state index < -0.39 is 0 Å². The SMILES string of the molecule is CCOC(=O)C=C(C)C=Cc1sccc1C=CC1=C(C)CCCC1(C)C. The summed E-state index contributed by atoms with van der Waals surface area (Å²) in [7, 11) is 0. The maximum Gasteiger partial charge on any atom is 0.330 e. The molecule has 1 aliphatic rings. The number of ether oxygens (including phenoxy) is 1. The van der Waals surface area contributed by atoms with Crippen LogP contribution in [-0.2, 0) is 9.53 Å². The van der Waals surface area contributed by atoms with Crippen molar-refractivity contribution >= 4 is 29.5 Å². The second kappa shape index (κ2) is 9.18. The molecule has 0 unspecified atom stereocenters. The van der Waals surface area contributed by atoms with Crippen molar-refractivity contribution in [3.8, 4) is 0 Å². The Kier molecular flexibility index (Phi) is 7.22. The van der Waals surface area contributed by atoms with Gasteiger partial charge in [-0.05, 0) is 79.7 Å². The zero-order valence-electron chi connectivity index (χ0n) is 16.6. The van der Waals surface area contributed by atoms with E-state index in [0.717, 1.165) is 5.57 Å². The molecule has 2 nitrogen and oxygen atoms in total. The minimum absolute atomic E-state index is 0.254. The first-order valence-corrected chi connectivity index (χ1v) is 10.2. The molecule has 0 atom stereocenters. The average molecular weight is 371 g/mol. The maximum absolute atomic E-state index is 11.5. The van der Waals surface area contributed by atoms with Gasteiger partial charge in [0, 0.05) is 11.0 Å². The van der Waals surface area contributed by atoms with Crippen LogP contribution in [0.3, 0.4) is 0 Å². The molecule has 0 fully saturated rings. The van der Waals surface area contributed by atoms with Gasteiger partial charge in [0.25, 0.3) is 0 Å². The van der Waals surface area contributed by atoms with Crippen LogP contribution >= 0.6 is 11.3 Å². The summed E-state index contributed by atoms with van der Waals surface area (Å²) in [6.45, 7) is 11.1. The largest absolute Gasteiger partial charge is 0.463 e. The van der Waals surface area contributed by atoms with Crippen molar-refractivity contribution in [2.75, 3.05) is 6.61 Å². The molecular weight excluding hydrogens is 340 g/mol. The van der Waals surface area contributed by atoms with E-state index in [-0.39, 0.29) is 11.4 Å². The van der Waals surface area contributed by atoms with Gasteiger partial charge in [0.2, 0.25) is 0 Å². The molecule has 140 valence electrons. The lowest BCUT2D eigenvalue weighted by molar-refractivity contribution is -0.137. The fraction of sp³-hybridized carbons (Fsp3) is 0.435. The first-order chi connectivity index (χ1) is 12.3. The molecule has 0 saturated carbocycles. The predicted octanol–water partition coefficient (Wildman–Crippen LogP) is 6.81. The summed E-state index contributed by atoms with van der Waals surface area (Å²) in [6, 6.07) is 2.15. The second-order valence-corrected chi connectivity index (χ2v) is 8.43. The van der Waals surface area contributed by atoms with E-state index in [4.69, 9.17) is 4.74 Å². The first kappa shape index (κ1) is 20.4. The molecule has 1 aromatic rings. The summed E-state index contributed by atoms with van der Waals surface area (Å²) in [5, 5.41) is 2.11. The highest BCUT2D eigenvalue weighted by molar-refractivity contribution is 7.11. The Labute approximate surface area is 162 Å². The molecule has 0 aliphatic heterocycles. The lowest BCUT2D eigenvalue weighted by Gasteiger charge is -2.32. The fourth-order valence-electron chi connectivity index (χ4n) is 3.41. The zero-order valence-corrected chi connectivity index (χ0v) is 17.4. The number of carbonyl (C=O) groups excluding carboxylic acids is 1. The van der Waals surface area contributed by atoms with Gasteiger partial charge in [0.05, 0.1) is 6.61 Å². The van der Waals surface area contributed by atoms with Gasteiger partial charge < -0.3 is 4.74 Å². The number of hydrogen-bond donors (Lipinski definition) is 0. The van der Waals surface area contributed by atoms with E-state index in [9.17, 15) is 4.79 Å². The molecule has 0 saturated heterocycles. The minimum atomic E-state index is -0.289. The summed E-state index contributed by atoms with van der Waals surface area (Å²) in [5.74, 6) is -0.289. The van der Waals surface area contributed by atoms with Crippen LogP contribution in [0.5, 0.6) is 0 Å². The molecule has 0 radical (unpaired) electrons. The van der Waals surface area contributed by atoms with E-state index in [1.807, 2.05) is 19.9 Å². The van der Waals surface area contributed by atoms with Gasteiger partial charge in [-0.1, -0.05) is 37.6 Å². The normalized spacial score (nSPS) is 18.1. The van der Waals surface area contributed by atoms with Crippen molar-refractivity contribution in [1.82, 2.24) is 0 Å².